The molecule has 2 aromatic rings. The van der Waals surface area contributed by atoms with E-state index in [-0.39, 0.29) is 0 Å². The molecule has 4 heteroatoms. The number of fused-ring (bicyclic) bond motifs is 1. The van der Waals surface area contributed by atoms with Crippen molar-refractivity contribution in [3.05, 3.63) is 23.4 Å². The first-order chi connectivity index (χ1) is 6.77. The van der Waals surface area contributed by atoms with Crippen LogP contribution >= 0.6 is 0 Å². The van der Waals surface area contributed by atoms with Gasteiger partial charge < -0.3 is 9.26 Å². The van der Waals surface area contributed by atoms with Crippen LogP contribution in [0, 0.1) is 6.92 Å². The molecule has 2 rings (SSSR count). The fraction of sp³-hybridized carbons (Fsp3) is 0.200. The van der Waals surface area contributed by atoms with Gasteiger partial charge in [0.15, 0.2) is 12.0 Å². The van der Waals surface area contributed by atoms with E-state index in [1.165, 1.54) is 7.11 Å². The van der Waals surface area contributed by atoms with E-state index < -0.39 is 0 Å². The second-order valence-electron chi connectivity index (χ2n) is 2.95. The second kappa shape index (κ2) is 3.14. The maximum atomic E-state index is 10.7. The maximum absolute atomic E-state index is 10.7. The summed E-state index contributed by atoms with van der Waals surface area (Å²) in [5, 5.41) is 4.68. The van der Waals surface area contributed by atoms with Crippen molar-refractivity contribution < 1.29 is 14.1 Å². The summed E-state index contributed by atoms with van der Waals surface area (Å²) in [4.78, 5) is 10.7. The van der Waals surface area contributed by atoms with Crippen LogP contribution in [0.3, 0.4) is 0 Å². The minimum Gasteiger partial charge on any atom is -0.492 e. The number of benzene rings is 1. The molecule has 1 aromatic carbocycles. The molecule has 1 heterocycles. The van der Waals surface area contributed by atoms with Gasteiger partial charge in [0, 0.05) is 5.39 Å². The summed E-state index contributed by atoms with van der Waals surface area (Å²) in [5.74, 6) is 0.443. The van der Waals surface area contributed by atoms with Crippen molar-refractivity contribution in [2.45, 2.75) is 6.92 Å². The van der Waals surface area contributed by atoms with E-state index in [4.69, 9.17) is 9.26 Å². The predicted molar refractivity (Wildman–Crippen MR) is 50.7 cm³/mol. The molecule has 4 nitrogen and oxygen atoms in total. The molecule has 0 saturated heterocycles. The zero-order valence-corrected chi connectivity index (χ0v) is 7.90. The highest BCUT2D eigenvalue weighted by Gasteiger charge is 2.13. The molecule has 0 atom stereocenters. The van der Waals surface area contributed by atoms with Crippen LogP contribution in [-0.2, 0) is 0 Å². The van der Waals surface area contributed by atoms with Gasteiger partial charge in [-0.25, -0.2) is 0 Å². The monoisotopic (exact) mass is 191 g/mol. The van der Waals surface area contributed by atoms with E-state index >= 15 is 0 Å². The summed E-state index contributed by atoms with van der Waals surface area (Å²) in [5.41, 5.74) is 1.78. The molecule has 0 aliphatic rings. The molecule has 0 aliphatic carbocycles. The van der Waals surface area contributed by atoms with Gasteiger partial charge in [-0.05, 0) is 19.1 Å². The van der Waals surface area contributed by atoms with E-state index in [0.717, 1.165) is 17.4 Å². The number of hydrogen-bond donors (Lipinski definition) is 0. The highest BCUT2D eigenvalue weighted by atomic mass is 16.5. The van der Waals surface area contributed by atoms with Gasteiger partial charge >= 0.3 is 0 Å². The molecule has 0 saturated carbocycles. The van der Waals surface area contributed by atoms with Crippen molar-refractivity contribution in [1.29, 1.82) is 0 Å². The van der Waals surface area contributed by atoms with Crippen LogP contribution in [0.4, 0.5) is 0 Å². The van der Waals surface area contributed by atoms with Crippen LogP contribution in [0.5, 0.6) is 5.75 Å². The minimum absolute atomic E-state index is 0.443. The molecule has 0 N–H and O–H groups in total. The molecule has 0 amide bonds. The normalized spacial score (nSPS) is 10.4. The van der Waals surface area contributed by atoms with E-state index in [1.807, 2.05) is 6.92 Å². The number of methoxy groups -OCH3 is 1. The van der Waals surface area contributed by atoms with Gasteiger partial charge in [-0.2, -0.15) is 0 Å². The Morgan fingerprint density at radius 1 is 1.50 bits per heavy atom. The number of carbonyl (C=O) groups excluding carboxylic acids is 1. The highest BCUT2D eigenvalue weighted by molar-refractivity contribution is 5.93. The third-order valence-electron chi connectivity index (χ3n) is 2.14. The topological polar surface area (TPSA) is 52.3 Å². The Morgan fingerprint density at radius 2 is 2.29 bits per heavy atom. The minimum atomic E-state index is 0.443. The first-order valence-electron chi connectivity index (χ1n) is 4.16. The number of ether oxygens (including phenoxy) is 1. The van der Waals surface area contributed by atoms with Crippen molar-refractivity contribution in [1.82, 2.24) is 5.16 Å². The van der Waals surface area contributed by atoms with Gasteiger partial charge in [-0.3, -0.25) is 4.79 Å². The van der Waals surface area contributed by atoms with Gasteiger partial charge in [-0.1, -0.05) is 5.16 Å². The first kappa shape index (κ1) is 8.74. The summed E-state index contributed by atoms with van der Waals surface area (Å²) < 4.78 is 10.2. The predicted octanol–water partition coefficient (Wildman–Crippen LogP) is 1.96. The lowest BCUT2D eigenvalue weighted by Gasteiger charge is -2.01. The number of rotatable bonds is 2. The second-order valence-corrected chi connectivity index (χ2v) is 2.95. The SMILES string of the molecule is COc1c(C=O)ccc2c(C)noc12. The highest BCUT2D eigenvalue weighted by Crippen LogP contribution is 2.30. The maximum Gasteiger partial charge on any atom is 0.209 e. The number of nitrogens with zero attached hydrogens (tertiary/aromatic N) is 1. The smallest absolute Gasteiger partial charge is 0.209 e. The number of hydrogen-bond acceptors (Lipinski definition) is 4. The summed E-state index contributed by atoms with van der Waals surface area (Å²) in [6.07, 6.45) is 0.732. The standard InChI is InChI=1S/C10H9NO3/c1-6-8-4-3-7(5-12)9(13-2)10(8)14-11-6/h3-5H,1-2H3. The van der Waals surface area contributed by atoms with Gasteiger partial charge in [0.05, 0.1) is 18.4 Å². The van der Waals surface area contributed by atoms with Crippen molar-refractivity contribution >= 4 is 17.3 Å². The van der Waals surface area contributed by atoms with Gasteiger partial charge in [0.1, 0.15) is 0 Å². The molecule has 0 unspecified atom stereocenters. The lowest BCUT2D eigenvalue weighted by Crippen LogP contribution is -1.90. The molecule has 1 aromatic heterocycles. The van der Waals surface area contributed by atoms with Crippen LogP contribution in [-0.4, -0.2) is 18.6 Å². The van der Waals surface area contributed by atoms with E-state index in [9.17, 15) is 4.79 Å². The summed E-state index contributed by atoms with van der Waals surface area (Å²) in [6, 6.07) is 3.49. The summed E-state index contributed by atoms with van der Waals surface area (Å²) in [7, 11) is 1.50. The van der Waals surface area contributed by atoms with Crippen LogP contribution in [0.1, 0.15) is 16.1 Å². The van der Waals surface area contributed by atoms with Crippen LogP contribution in [0.25, 0.3) is 11.0 Å². The Labute approximate surface area is 80.4 Å². The van der Waals surface area contributed by atoms with Crippen molar-refractivity contribution in [3.63, 3.8) is 0 Å². The van der Waals surface area contributed by atoms with Gasteiger partial charge in [0.25, 0.3) is 0 Å². The van der Waals surface area contributed by atoms with Crippen LogP contribution in [0.2, 0.25) is 0 Å². The largest absolute Gasteiger partial charge is 0.492 e. The Kier molecular flexibility index (Phi) is 1.96. The van der Waals surface area contributed by atoms with Gasteiger partial charge in [-0.15, -0.1) is 0 Å². The van der Waals surface area contributed by atoms with Crippen molar-refractivity contribution in [2.75, 3.05) is 7.11 Å². The Morgan fingerprint density at radius 3 is 2.93 bits per heavy atom. The molecule has 0 aliphatic heterocycles. The fourth-order valence-electron chi connectivity index (χ4n) is 1.42. The molecule has 72 valence electrons. The van der Waals surface area contributed by atoms with Gasteiger partial charge in [0.2, 0.25) is 5.58 Å². The molecule has 0 radical (unpaired) electrons. The lowest BCUT2D eigenvalue weighted by molar-refractivity contribution is 0.112. The quantitative estimate of drug-likeness (QED) is 0.681. The number of aryl methyl sites for hydroxylation is 1. The number of aromatic nitrogens is 1. The van der Waals surface area contributed by atoms with E-state index in [1.54, 1.807) is 12.1 Å². The Balaban J connectivity index is 2.84. The third kappa shape index (κ3) is 1.08. The Hall–Kier alpha value is -1.84. The molecule has 0 spiro atoms. The Bertz CT molecular complexity index is 487. The fourth-order valence-corrected chi connectivity index (χ4v) is 1.42. The zero-order chi connectivity index (χ0) is 10.1. The molecular formula is C10H9NO3. The van der Waals surface area contributed by atoms with E-state index in [2.05, 4.69) is 5.16 Å². The summed E-state index contributed by atoms with van der Waals surface area (Å²) >= 11 is 0. The number of carbonyl (C=O) groups is 1. The number of aldehydes is 1. The first-order valence-corrected chi connectivity index (χ1v) is 4.16. The van der Waals surface area contributed by atoms with Crippen molar-refractivity contribution in [3.8, 4) is 5.75 Å². The van der Waals surface area contributed by atoms with Crippen molar-refractivity contribution in [2.24, 2.45) is 0 Å². The molecular weight excluding hydrogens is 182 g/mol. The van der Waals surface area contributed by atoms with E-state index in [0.29, 0.717) is 16.9 Å². The van der Waals surface area contributed by atoms with Crippen LogP contribution in [0.15, 0.2) is 16.7 Å². The average Bonchev–Trinajstić information content (AvgIpc) is 2.59. The third-order valence-corrected chi connectivity index (χ3v) is 2.14. The average molecular weight is 191 g/mol. The molecule has 0 fully saturated rings. The summed E-state index contributed by atoms with van der Waals surface area (Å²) in [6.45, 7) is 1.84. The zero-order valence-electron chi connectivity index (χ0n) is 7.90. The molecule has 0 bridgehead atoms. The lowest BCUT2D eigenvalue weighted by atomic mass is 10.1. The molecule has 14 heavy (non-hydrogen) atoms. The van der Waals surface area contributed by atoms with Crippen LogP contribution < -0.4 is 4.74 Å².